The zero-order chi connectivity index (χ0) is 15.6. The van der Waals surface area contributed by atoms with E-state index in [0.29, 0.717) is 6.61 Å². The molecule has 0 atom stereocenters. The van der Waals surface area contributed by atoms with Gasteiger partial charge in [-0.15, -0.1) is 0 Å². The average molecular weight is 288 g/mol. The Labute approximate surface area is 124 Å². The number of hydrogen-bond donors (Lipinski definition) is 1. The van der Waals surface area contributed by atoms with Crippen molar-refractivity contribution in [3.63, 3.8) is 0 Å². The molecule has 0 amide bonds. The van der Waals surface area contributed by atoms with Crippen molar-refractivity contribution < 1.29 is 14.6 Å². The smallest absolute Gasteiger partial charge is 0.335 e. The van der Waals surface area contributed by atoms with Gasteiger partial charge in [-0.3, -0.25) is 4.68 Å². The molecule has 2 rings (SSSR count). The van der Waals surface area contributed by atoms with Gasteiger partial charge in [-0.2, -0.15) is 5.10 Å². The zero-order valence-electron chi connectivity index (χ0n) is 12.8. The Morgan fingerprint density at radius 2 is 1.90 bits per heavy atom. The lowest BCUT2D eigenvalue weighted by molar-refractivity contribution is 0.0696. The Morgan fingerprint density at radius 1 is 1.29 bits per heavy atom. The third kappa shape index (κ3) is 3.24. The van der Waals surface area contributed by atoms with Crippen molar-refractivity contribution in [2.45, 2.75) is 33.8 Å². The van der Waals surface area contributed by atoms with Gasteiger partial charge in [-0.1, -0.05) is 6.92 Å². The van der Waals surface area contributed by atoms with E-state index < -0.39 is 5.97 Å². The van der Waals surface area contributed by atoms with Crippen molar-refractivity contribution >= 4 is 5.97 Å². The molecule has 0 aliphatic rings. The monoisotopic (exact) mass is 288 g/mol. The van der Waals surface area contributed by atoms with Gasteiger partial charge in [0.25, 0.3) is 0 Å². The third-order valence-electron chi connectivity index (χ3n) is 3.46. The largest absolute Gasteiger partial charge is 0.487 e. The fourth-order valence-electron chi connectivity index (χ4n) is 2.33. The molecule has 0 radical (unpaired) electrons. The maximum Gasteiger partial charge on any atom is 0.335 e. The summed E-state index contributed by atoms with van der Waals surface area (Å²) in [5, 5.41) is 13.4. The molecule has 5 heteroatoms. The number of rotatable bonds is 5. The Morgan fingerprint density at radius 3 is 2.38 bits per heavy atom. The fourth-order valence-corrected chi connectivity index (χ4v) is 2.33. The van der Waals surface area contributed by atoms with Crippen LogP contribution in [0.4, 0.5) is 0 Å². The van der Waals surface area contributed by atoms with Gasteiger partial charge in [-0.05, 0) is 49.6 Å². The fraction of sp³-hybridized carbons (Fsp3) is 0.375. The maximum absolute atomic E-state index is 11.0. The second-order valence-corrected chi connectivity index (χ2v) is 5.14. The number of benzene rings is 1. The second-order valence-electron chi connectivity index (χ2n) is 5.14. The standard InChI is InChI=1S/C16H20N2O3/c1-5-13-8-14(18(4)17-13)9-21-15-10(2)6-12(16(19)20)7-11(15)3/h6-8H,5,9H2,1-4H3,(H,19,20). The summed E-state index contributed by atoms with van der Waals surface area (Å²) in [7, 11) is 1.89. The lowest BCUT2D eigenvalue weighted by Crippen LogP contribution is -2.06. The van der Waals surface area contributed by atoms with Crippen molar-refractivity contribution in [3.8, 4) is 5.75 Å². The minimum atomic E-state index is -0.924. The first-order valence-electron chi connectivity index (χ1n) is 6.91. The van der Waals surface area contributed by atoms with Crippen LogP contribution in [-0.4, -0.2) is 20.9 Å². The number of ether oxygens (including phenoxy) is 1. The number of carboxylic acids is 1. The van der Waals surface area contributed by atoms with E-state index in [0.717, 1.165) is 34.7 Å². The molecule has 0 unspecified atom stereocenters. The van der Waals surface area contributed by atoms with E-state index in [1.165, 1.54) is 0 Å². The van der Waals surface area contributed by atoms with Gasteiger partial charge < -0.3 is 9.84 Å². The lowest BCUT2D eigenvalue weighted by atomic mass is 10.1. The van der Waals surface area contributed by atoms with E-state index in [1.54, 1.807) is 12.1 Å². The van der Waals surface area contributed by atoms with Crippen molar-refractivity contribution in [3.05, 3.63) is 46.3 Å². The SMILES string of the molecule is CCc1cc(COc2c(C)cc(C(=O)O)cc2C)n(C)n1. The van der Waals surface area contributed by atoms with Crippen molar-refractivity contribution in [1.82, 2.24) is 9.78 Å². The van der Waals surface area contributed by atoms with Gasteiger partial charge in [0, 0.05) is 7.05 Å². The highest BCUT2D eigenvalue weighted by Crippen LogP contribution is 2.26. The quantitative estimate of drug-likeness (QED) is 0.918. The first-order valence-corrected chi connectivity index (χ1v) is 6.91. The van der Waals surface area contributed by atoms with E-state index in [-0.39, 0.29) is 5.56 Å². The highest BCUT2D eigenvalue weighted by Gasteiger charge is 2.12. The molecule has 0 bridgehead atoms. The summed E-state index contributed by atoms with van der Waals surface area (Å²) < 4.78 is 7.69. The molecule has 0 saturated carbocycles. The van der Waals surface area contributed by atoms with Crippen LogP contribution in [0, 0.1) is 13.8 Å². The summed E-state index contributed by atoms with van der Waals surface area (Å²) >= 11 is 0. The van der Waals surface area contributed by atoms with E-state index in [4.69, 9.17) is 9.84 Å². The summed E-state index contributed by atoms with van der Waals surface area (Å²) in [6.45, 7) is 6.19. The van der Waals surface area contributed by atoms with Gasteiger partial charge in [0.1, 0.15) is 12.4 Å². The molecule has 2 aromatic rings. The predicted molar refractivity (Wildman–Crippen MR) is 79.8 cm³/mol. The second kappa shape index (κ2) is 5.99. The van der Waals surface area contributed by atoms with Crippen molar-refractivity contribution in [2.75, 3.05) is 0 Å². The molecule has 0 saturated heterocycles. The van der Waals surface area contributed by atoms with E-state index in [1.807, 2.05) is 31.6 Å². The number of aromatic carboxylic acids is 1. The molecular formula is C16H20N2O3. The number of carboxylic acid groups (broad SMARTS) is 1. The summed E-state index contributed by atoms with van der Waals surface area (Å²) in [6.07, 6.45) is 0.888. The van der Waals surface area contributed by atoms with Crippen LogP contribution in [0.25, 0.3) is 0 Å². The minimum Gasteiger partial charge on any atom is -0.487 e. The Balaban J connectivity index is 2.20. The van der Waals surface area contributed by atoms with Gasteiger partial charge in [0.2, 0.25) is 0 Å². The molecule has 5 nitrogen and oxygen atoms in total. The molecule has 1 heterocycles. The summed E-state index contributed by atoms with van der Waals surface area (Å²) in [5.74, 6) is -0.189. The Bertz CT molecular complexity index is 651. The summed E-state index contributed by atoms with van der Waals surface area (Å²) in [5.41, 5.74) is 3.96. The van der Waals surface area contributed by atoms with Crippen molar-refractivity contribution in [2.24, 2.45) is 7.05 Å². The van der Waals surface area contributed by atoms with Gasteiger partial charge in [0.05, 0.1) is 17.0 Å². The average Bonchev–Trinajstić information content (AvgIpc) is 2.78. The molecule has 0 aliphatic heterocycles. The predicted octanol–water partition coefficient (Wildman–Crippen LogP) is 2.88. The van der Waals surface area contributed by atoms with E-state index >= 15 is 0 Å². The van der Waals surface area contributed by atoms with Crippen LogP contribution in [0.2, 0.25) is 0 Å². The molecular weight excluding hydrogens is 268 g/mol. The van der Waals surface area contributed by atoms with Crippen LogP contribution in [0.15, 0.2) is 18.2 Å². The molecule has 21 heavy (non-hydrogen) atoms. The first-order chi connectivity index (χ1) is 9.92. The van der Waals surface area contributed by atoms with Gasteiger partial charge >= 0.3 is 5.97 Å². The highest BCUT2D eigenvalue weighted by molar-refractivity contribution is 5.88. The number of aryl methyl sites for hydroxylation is 4. The Hall–Kier alpha value is -2.30. The summed E-state index contributed by atoms with van der Waals surface area (Å²) in [6, 6.07) is 5.28. The number of nitrogens with zero attached hydrogens (tertiary/aromatic N) is 2. The van der Waals surface area contributed by atoms with Gasteiger partial charge in [-0.25, -0.2) is 4.79 Å². The van der Waals surface area contributed by atoms with E-state index in [9.17, 15) is 4.79 Å². The Kier molecular flexibility index (Phi) is 4.31. The molecule has 0 fully saturated rings. The molecule has 0 spiro atoms. The zero-order valence-corrected chi connectivity index (χ0v) is 12.8. The van der Waals surface area contributed by atoms with Crippen LogP contribution < -0.4 is 4.74 Å². The van der Waals surface area contributed by atoms with Crippen LogP contribution >= 0.6 is 0 Å². The first kappa shape index (κ1) is 15.1. The molecule has 1 N–H and O–H groups in total. The normalized spacial score (nSPS) is 10.7. The lowest BCUT2D eigenvalue weighted by Gasteiger charge is -2.13. The van der Waals surface area contributed by atoms with Crippen LogP contribution in [0.3, 0.4) is 0 Å². The van der Waals surface area contributed by atoms with E-state index in [2.05, 4.69) is 12.0 Å². The summed E-state index contributed by atoms with van der Waals surface area (Å²) in [4.78, 5) is 11.0. The van der Waals surface area contributed by atoms with Crippen molar-refractivity contribution in [1.29, 1.82) is 0 Å². The molecule has 1 aromatic heterocycles. The minimum absolute atomic E-state index is 0.283. The van der Waals surface area contributed by atoms with Crippen LogP contribution in [0.5, 0.6) is 5.75 Å². The van der Waals surface area contributed by atoms with Gasteiger partial charge in [0.15, 0.2) is 0 Å². The molecule has 1 aromatic carbocycles. The highest BCUT2D eigenvalue weighted by atomic mass is 16.5. The number of carbonyl (C=O) groups is 1. The third-order valence-corrected chi connectivity index (χ3v) is 3.46. The molecule has 112 valence electrons. The number of aromatic nitrogens is 2. The number of hydrogen-bond acceptors (Lipinski definition) is 3. The van der Waals surface area contributed by atoms with Crippen LogP contribution in [0.1, 0.15) is 39.8 Å². The maximum atomic E-state index is 11.0. The topological polar surface area (TPSA) is 64.3 Å². The molecule has 0 aliphatic carbocycles. The van der Waals surface area contributed by atoms with Crippen LogP contribution in [-0.2, 0) is 20.1 Å².